The van der Waals surface area contributed by atoms with Gasteiger partial charge in [0.25, 0.3) is 0 Å². The van der Waals surface area contributed by atoms with Crippen molar-refractivity contribution in [3.05, 3.63) is 47.2 Å². The average molecular weight is 362 g/mol. The largest absolute Gasteiger partial charge is 0.337 e. The van der Waals surface area contributed by atoms with Gasteiger partial charge in [-0.05, 0) is 30.3 Å². The second-order valence-corrected chi connectivity index (χ2v) is 5.88. The average Bonchev–Trinajstić information content (AvgIpc) is 2.58. The SMILES string of the molecule is O=C(Nc1ccc(Br)cc1)N1CCN(c2ncccn2)CC1. The quantitative estimate of drug-likeness (QED) is 0.892. The van der Waals surface area contributed by atoms with Gasteiger partial charge in [0.15, 0.2) is 0 Å². The van der Waals surface area contributed by atoms with Crippen LogP contribution in [0.2, 0.25) is 0 Å². The molecular weight excluding hydrogens is 346 g/mol. The lowest BCUT2D eigenvalue weighted by molar-refractivity contribution is 0.208. The van der Waals surface area contributed by atoms with Gasteiger partial charge in [-0.25, -0.2) is 14.8 Å². The number of aromatic nitrogens is 2. The summed E-state index contributed by atoms with van der Waals surface area (Å²) < 4.78 is 0.988. The van der Waals surface area contributed by atoms with E-state index in [4.69, 9.17) is 0 Å². The second kappa shape index (κ2) is 6.74. The molecule has 1 N–H and O–H groups in total. The van der Waals surface area contributed by atoms with Crippen LogP contribution in [0.1, 0.15) is 0 Å². The van der Waals surface area contributed by atoms with Crippen LogP contribution < -0.4 is 10.2 Å². The molecule has 0 spiro atoms. The van der Waals surface area contributed by atoms with E-state index in [-0.39, 0.29) is 6.03 Å². The highest BCUT2D eigenvalue weighted by Gasteiger charge is 2.22. The number of halogens is 1. The Kier molecular flexibility index (Phi) is 4.53. The molecule has 0 bridgehead atoms. The molecule has 2 aromatic rings. The zero-order valence-electron chi connectivity index (χ0n) is 11.9. The maximum absolute atomic E-state index is 12.2. The van der Waals surface area contributed by atoms with E-state index < -0.39 is 0 Å². The Balaban J connectivity index is 1.54. The molecule has 3 rings (SSSR count). The van der Waals surface area contributed by atoms with Gasteiger partial charge in [-0.15, -0.1) is 0 Å². The fourth-order valence-corrected chi connectivity index (χ4v) is 2.56. The van der Waals surface area contributed by atoms with Crippen LogP contribution in [-0.2, 0) is 0 Å². The van der Waals surface area contributed by atoms with Gasteiger partial charge in [0.05, 0.1) is 0 Å². The summed E-state index contributed by atoms with van der Waals surface area (Å²) in [6.07, 6.45) is 3.46. The molecule has 22 heavy (non-hydrogen) atoms. The topological polar surface area (TPSA) is 61.4 Å². The van der Waals surface area contributed by atoms with E-state index >= 15 is 0 Å². The molecule has 1 aliphatic heterocycles. The molecule has 7 heteroatoms. The van der Waals surface area contributed by atoms with Crippen molar-refractivity contribution in [2.45, 2.75) is 0 Å². The maximum atomic E-state index is 12.2. The number of anilines is 2. The first-order valence-corrected chi connectivity index (χ1v) is 7.85. The minimum absolute atomic E-state index is 0.0732. The van der Waals surface area contributed by atoms with E-state index in [0.29, 0.717) is 13.1 Å². The van der Waals surface area contributed by atoms with Gasteiger partial charge in [-0.2, -0.15) is 0 Å². The number of amides is 2. The molecule has 2 heterocycles. The molecule has 1 aliphatic rings. The van der Waals surface area contributed by atoms with Crippen LogP contribution in [0.3, 0.4) is 0 Å². The summed E-state index contributed by atoms with van der Waals surface area (Å²) in [5.41, 5.74) is 0.794. The van der Waals surface area contributed by atoms with Gasteiger partial charge in [0.2, 0.25) is 5.95 Å². The van der Waals surface area contributed by atoms with Crippen molar-refractivity contribution in [1.29, 1.82) is 0 Å². The zero-order chi connectivity index (χ0) is 15.4. The first-order chi connectivity index (χ1) is 10.7. The third-order valence-corrected chi connectivity index (χ3v) is 4.03. The molecule has 0 radical (unpaired) electrons. The number of nitrogens with zero attached hydrogens (tertiary/aromatic N) is 4. The molecular formula is C15H16BrN5O. The number of nitrogens with one attached hydrogen (secondary N) is 1. The van der Waals surface area contributed by atoms with Gasteiger partial charge in [-0.1, -0.05) is 15.9 Å². The van der Waals surface area contributed by atoms with E-state index in [1.165, 1.54) is 0 Å². The summed E-state index contributed by atoms with van der Waals surface area (Å²) in [6, 6.07) is 9.27. The van der Waals surface area contributed by atoms with E-state index in [9.17, 15) is 4.79 Å². The van der Waals surface area contributed by atoms with E-state index in [0.717, 1.165) is 29.2 Å². The monoisotopic (exact) mass is 361 g/mol. The van der Waals surface area contributed by atoms with Crippen molar-refractivity contribution < 1.29 is 4.79 Å². The van der Waals surface area contributed by atoms with Gasteiger partial charge >= 0.3 is 6.03 Å². The first-order valence-electron chi connectivity index (χ1n) is 7.06. The summed E-state index contributed by atoms with van der Waals surface area (Å²) >= 11 is 3.38. The molecule has 6 nitrogen and oxygen atoms in total. The predicted octanol–water partition coefficient (Wildman–Crippen LogP) is 2.59. The third kappa shape index (κ3) is 3.54. The fourth-order valence-electron chi connectivity index (χ4n) is 2.30. The van der Waals surface area contributed by atoms with Crippen molar-refractivity contribution in [2.24, 2.45) is 0 Å². The number of carbonyl (C=O) groups excluding carboxylic acids is 1. The molecule has 0 aliphatic carbocycles. The number of hydrogen-bond donors (Lipinski definition) is 1. The first kappa shape index (κ1) is 14.8. The lowest BCUT2D eigenvalue weighted by atomic mass is 10.3. The molecule has 0 atom stereocenters. The van der Waals surface area contributed by atoms with E-state index in [2.05, 4.69) is 36.1 Å². The summed E-state index contributed by atoms with van der Waals surface area (Å²) in [5, 5.41) is 2.91. The Morgan fingerprint density at radius 1 is 1.05 bits per heavy atom. The van der Waals surface area contributed by atoms with E-state index in [1.54, 1.807) is 18.5 Å². The van der Waals surface area contributed by atoms with Crippen molar-refractivity contribution in [3.8, 4) is 0 Å². The molecule has 114 valence electrons. The van der Waals surface area contributed by atoms with Crippen LogP contribution in [-0.4, -0.2) is 47.1 Å². The summed E-state index contributed by atoms with van der Waals surface area (Å²) in [4.78, 5) is 24.6. The lowest BCUT2D eigenvalue weighted by Gasteiger charge is -2.34. The van der Waals surface area contributed by atoms with Gasteiger partial charge < -0.3 is 15.1 Å². The van der Waals surface area contributed by atoms with Crippen molar-refractivity contribution in [2.75, 3.05) is 36.4 Å². The Morgan fingerprint density at radius 2 is 1.68 bits per heavy atom. The van der Waals surface area contributed by atoms with Crippen molar-refractivity contribution in [3.63, 3.8) is 0 Å². The normalized spacial score (nSPS) is 14.8. The zero-order valence-corrected chi connectivity index (χ0v) is 13.5. The molecule has 1 aromatic carbocycles. The summed E-state index contributed by atoms with van der Waals surface area (Å²) in [6.45, 7) is 2.77. The summed E-state index contributed by atoms with van der Waals surface area (Å²) in [7, 11) is 0. The van der Waals surface area contributed by atoms with Crippen LogP contribution in [0.4, 0.5) is 16.4 Å². The Hall–Kier alpha value is -2.15. The van der Waals surface area contributed by atoms with Crippen LogP contribution in [0.5, 0.6) is 0 Å². The predicted molar refractivity (Wildman–Crippen MR) is 89.0 cm³/mol. The van der Waals surface area contributed by atoms with Gasteiger partial charge in [0, 0.05) is 48.7 Å². The number of benzene rings is 1. The summed E-state index contributed by atoms with van der Waals surface area (Å²) in [5.74, 6) is 0.718. The number of urea groups is 1. The van der Waals surface area contributed by atoms with Gasteiger partial charge in [0.1, 0.15) is 0 Å². The molecule has 0 saturated carbocycles. The fraction of sp³-hybridized carbons (Fsp3) is 0.267. The van der Waals surface area contributed by atoms with Gasteiger partial charge in [-0.3, -0.25) is 0 Å². The standard InChI is InChI=1S/C15H16BrN5O/c16-12-2-4-13(5-3-12)19-15(22)21-10-8-20(9-11-21)14-17-6-1-7-18-14/h1-7H,8-11H2,(H,19,22). The molecule has 1 fully saturated rings. The molecule has 1 aromatic heterocycles. The molecule has 2 amide bonds. The number of hydrogen-bond acceptors (Lipinski definition) is 4. The van der Waals surface area contributed by atoms with Crippen LogP contribution in [0.15, 0.2) is 47.2 Å². The molecule has 1 saturated heterocycles. The minimum atomic E-state index is -0.0732. The number of piperazine rings is 1. The Labute approximate surface area is 137 Å². The number of rotatable bonds is 2. The highest BCUT2D eigenvalue weighted by molar-refractivity contribution is 9.10. The van der Waals surface area contributed by atoms with Crippen LogP contribution in [0.25, 0.3) is 0 Å². The van der Waals surface area contributed by atoms with Crippen molar-refractivity contribution >= 4 is 33.6 Å². The highest BCUT2D eigenvalue weighted by Crippen LogP contribution is 2.15. The minimum Gasteiger partial charge on any atom is -0.337 e. The lowest BCUT2D eigenvalue weighted by Crippen LogP contribution is -2.50. The van der Waals surface area contributed by atoms with Crippen LogP contribution in [0, 0.1) is 0 Å². The van der Waals surface area contributed by atoms with E-state index in [1.807, 2.05) is 29.2 Å². The van der Waals surface area contributed by atoms with Crippen LogP contribution >= 0.6 is 15.9 Å². The Morgan fingerprint density at radius 3 is 2.32 bits per heavy atom. The maximum Gasteiger partial charge on any atom is 0.321 e. The van der Waals surface area contributed by atoms with Crippen molar-refractivity contribution in [1.82, 2.24) is 14.9 Å². The smallest absolute Gasteiger partial charge is 0.321 e. The second-order valence-electron chi connectivity index (χ2n) is 4.96. The highest BCUT2D eigenvalue weighted by atomic mass is 79.9. The Bertz CT molecular complexity index is 626. The number of carbonyl (C=O) groups is 1. The third-order valence-electron chi connectivity index (χ3n) is 3.50. The molecule has 0 unspecified atom stereocenters.